The van der Waals surface area contributed by atoms with Crippen LogP contribution in [-0.2, 0) is 14.4 Å². The number of amides is 3. The molecule has 1 aromatic carbocycles. The fraction of sp³-hybridized carbons (Fsp3) is 0.483. The molecule has 5 rings (SSSR count). The van der Waals surface area contributed by atoms with Crippen molar-refractivity contribution in [1.82, 2.24) is 14.8 Å². The number of carbonyl (C=O) groups excluding carboxylic acids is 3. The largest absolute Gasteiger partial charge is 0.474 e. The molecule has 12 heteroatoms. The van der Waals surface area contributed by atoms with E-state index in [1.54, 1.807) is 35.7 Å². The van der Waals surface area contributed by atoms with Gasteiger partial charge in [0.1, 0.15) is 0 Å². The third-order valence-electron chi connectivity index (χ3n) is 8.20. The van der Waals surface area contributed by atoms with Gasteiger partial charge in [-0.1, -0.05) is 19.4 Å². The third-order valence-corrected chi connectivity index (χ3v) is 12.2. The van der Waals surface area contributed by atoms with Crippen LogP contribution in [0.2, 0.25) is 0 Å². The molecule has 41 heavy (non-hydrogen) atoms. The Hall–Kier alpha value is -3.64. The number of hydrogen-bond donors (Lipinski definition) is 1. The Morgan fingerprint density at radius 2 is 1.90 bits per heavy atom. The molecule has 3 aliphatic rings. The van der Waals surface area contributed by atoms with Crippen LogP contribution in [0.1, 0.15) is 49.8 Å². The Bertz CT molecular complexity index is 1310. The number of fused-ring (bicyclic) bond motifs is 1. The number of ether oxygens (including phenoxy) is 2. The van der Waals surface area contributed by atoms with Crippen LogP contribution in [0.25, 0.3) is 0 Å². The number of nitrogens with zero attached hydrogens (tertiary/aromatic N) is 4. The minimum Gasteiger partial charge on any atom is -0.474 e. The first kappa shape index (κ1) is 28.9. The molecule has 0 saturated carbocycles. The van der Waals surface area contributed by atoms with E-state index in [-0.39, 0.29) is 56.9 Å². The van der Waals surface area contributed by atoms with Crippen LogP contribution < -0.4 is 14.4 Å². The normalized spacial score (nSPS) is 25.4. The summed E-state index contributed by atoms with van der Waals surface area (Å²) < 4.78 is 11.0. The lowest BCUT2D eigenvalue weighted by atomic mass is 10.1. The second kappa shape index (κ2) is 12.1. The molecule has 2 aromatic rings. The third kappa shape index (κ3) is 5.62. The summed E-state index contributed by atoms with van der Waals surface area (Å²) in [5, 5.41) is 8.86. The van der Waals surface area contributed by atoms with Gasteiger partial charge in [-0.3, -0.25) is 29.2 Å². The maximum atomic E-state index is 13.9. The molecule has 2 fully saturated rings. The maximum Gasteiger partial charge on any atom is 0.348 e. The molecule has 2 saturated heterocycles. The van der Waals surface area contributed by atoms with E-state index in [2.05, 4.69) is 11.9 Å². The Balaban J connectivity index is 1.47. The number of likely N-dealkylation sites (tertiary alicyclic amines) is 1. The average molecular weight is 585 g/mol. The van der Waals surface area contributed by atoms with Gasteiger partial charge >= 0.3 is 5.30 Å². The van der Waals surface area contributed by atoms with E-state index in [0.29, 0.717) is 30.3 Å². The first-order valence-electron chi connectivity index (χ1n) is 13.9. The Morgan fingerprint density at radius 3 is 2.59 bits per heavy atom. The van der Waals surface area contributed by atoms with Crippen molar-refractivity contribution in [3.63, 3.8) is 0 Å². The van der Waals surface area contributed by atoms with Crippen molar-refractivity contribution in [2.75, 3.05) is 44.1 Å². The standard InChI is InChI=1S/C29H36N4O7S/c1-3-4-13-32(21-6-5-12-30-16-21)27(36)18-31-17-24(20-7-8-22-23(15-20)40-19-39-22)41(2,29(37)38)28(31)11-14-33-25(34)9-10-26(33)35/h5-8,12,15-16,24,28H,3-4,9-11,13-14,17-19H2,1-2H3,(H,37,38)/t24-,28-/m1/s1. The molecule has 220 valence electrons. The summed E-state index contributed by atoms with van der Waals surface area (Å²) in [6, 6.07) is 9.12. The van der Waals surface area contributed by atoms with E-state index in [0.717, 1.165) is 18.4 Å². The summed E-state index contributed by atoms with van der Waals surface area (Å²) in [5.41, 5.74) is 1.49. The molecule has 4 heterocycles. The fourth-order valence-corrected chi connectivity index (χ4v) is 9.36. The molecule has 1 aromatic heterocycles. The van der Waals surface area contributed by atoms with Crippen LogP contribution in [0.15, 0.2) is 42.7 Å². The number of anilines is 1. The molecule has 3 amide bonds. The second-order valence-corrected chi connectivity index (χ2v) is 14.2. The molecule has 1 unspecified atom stereocenters. The zero-order chi connectivity index (χ0) is 29.1. The van der Waals surface area contributed by atoms with E-state index in [4.69, 9.17) is 9.47 Å². The van der Waals surface area contributed by atoms with E-state index in [9.17, 15) is 24.3 Å². The minimum absolute atomic E-state index is 0.00207. The van der Waals surface area contributed by atoms with Gasteiger partial charge in [-0.05, 0) is 48.9 Å². The number of carbonyl (C=O) groups is 4. The summed E-state index contributed by atoms with van der Waals surface area (Å²) in [6.07, 6.45) is 7.42. The summed E-state index contributed by atoms with van der Waals surface area (Å²) in [4.78, 5) is 60.8. The molecular formula is C29H36N4O7S. The van der Waals surface area contributed by atoms with E-state index in [1.807, 2.05) is 23.1 Å². The lowest BCUT2D eigenvalue weighted by molar-refractivity contribution is -0.138. The molecule has 0 bridgehead atoms. The van der Waals surface area contributed by atoms with Crippen molar-refractivity contribution in [3.05, 3.63) is 48.3 Å². The predicted molar refractivity (Wildman–Crippen MR) is 154 cm³/mol. The van der Waals surface area contributed by atoms with Gasteiger partial charge in [0.15, 0.2) is 11.5 Å². The molecule has 3 aliphatic heterocycles. The quantitative estimate of drug-likeness (QED) is 0.412. The Kier molecular flexibility index (Phi) is 8.50. The summed E-state index contributed by atoms with van der Waals surface area (Å²) >= 11 is 0. The molecule has 3 atom stereocenters. The lowest BCUT2D eigenvalue weighted by Gasteiger charge is -2.40. The van der Waals surface area contributed by atoms with Gasteiger partial charge in [0.2, 0.25) is 24.5 Å². The summed E-state index contributed by atoms with van der Waals surface area (Å²) in [5.74, 6) is 0.547. The topological polar surface area (TPSA) is 130 Å². The van der Waals surface area contributed by atoms with Gasteiger partial charge in [0, 0.05) is 43.9 Å². The van der Waals surface area contributed by atoms with E-state index >= 15 is 0 Å². The lowest BCUT2D eigenvalue weighted by Crippen LogP contribution is -2.45. The first-order chi connectivity index (χ1) is 19.7. The number of rotatable bonds is 10. The number of aromatic nitrogens is 1. The van der Waals surface area contributed by atoms with Gasteiger partial charge in [-0.15, -0.1) is 10.0 Å². The smallest absolute Gasteiger partial charge is 0.348 e. The number of imide groups is 1. The van der Waals surface area contributed by atoms with E-state index < -0.39 is 26.0 Å². The molecular weight excluding hydrogens is 548 g/mol. The van der Waals surface area contributed by atoms with Crippen molar-refractivity contribution in [2.24, 2.45) is 0 Å². The average Bonchev–Trinajstić information content (AvgIpc) is 3.64. The van der Waals surface area contributed by atoms with Crippen molar-refractivity contribution in [1.29, 1.82) is 0 Å². The van der Waals surface area contributed by atoms with E-state index in [1.165, 1.54) is 4.90 Å². The monoisotopic (exact) mass is 584 g/mol. The second-order valence-electron chi connectivity index (χ2n) is 10.6. The zero-order valence-corrected chi connectivity index (χ0v) is 24.2. The van der Waals surface area contributed by atoms with Crippen LogP contribution in [0, 0.1) is 0 Å². The highest BCUT2D eigenvalue weighted by Crippen LogP contribution is 2.68. The fourth-order valence-electron chi connectivity index (χ4n) is 5.92. The van der Waals surface area contributed by atoms with Crippen LogP contribution in [0.4, 0.5) is 10.5 Å². The highest BCUT2D eigenvalue weighted by atomic mass is 32.3. The maximum absolute atomic E-state index is 13.9. The summed E-state index contributed by atoms with van der Waals surface area (Å²) in [6.45, 7) is 3.15. The Labute approximate surface area is 240 Å². The van der Waals surface area contributed by atoms with Crippen LogP contribution in [-0.4, -0.2) is 87.5 Å². The predicted octanol–water partition coefficient (Wildman–Crippen LogP) is 3.98. The van der Waals surface area contributed by atoms with Gasteiger partial charge in [-0.25, -0.2) is 4.79 Å². The first-order valence-corrected chi connectivity index (χ1v) is 16.1. The van der Waals surface area contributed by atoms with Gasteiger partial charge in [-0.2, -0.15) is 0 Å². The van der Waals surface area contributed by atoms with Crippen molar-refractivity contribution < 1.29 is 33.8 Å². The SMILES string of the molecule is CCCCN(C(=O)CN1C[C@H](c2ccc3c(c2)OCO3)S(C)(C(=O)O)[C@@H]1CCN1C(=O)CCC1=O)c1cccnc1. The van der Waals surface area contributed by atoms with Gasteiger partial charge < -0.3 is 19.5 Å². The Morgan fingerprint density at radius 1 is 1.15 bits per heavy atom. The highest BCUT2D eigenvalue weighted by molar-refractivity contribution is 8.45. The van der Waals surface area contributed by atoms with Crippen molar-refractivity contribution >= 4 is 38.7 Å². The minimum atomic E-state index is -2.49. The van der Waals surface area contributed by atoms with Crippen LogP contribution >= 0.6 is 10.0 Å². The summed E-state index contributed by atoms with van der Waals surface area (Å²) in [7, 11) is -2.49. The molecule has 0 spiro atoms. The number of carboxylic acid groups (broad SMARTS) is 1. The molecule has 1 N–H and O–H groups in total. The number of benzene rings is 1. The molecule has 0 aliphatic carbocycles. The van der Waals surface area contributed by atoms with Crippen molar-refractivity contribution in [2.45, 2.75) is 49.7 Å². The number of pyridine rings is 1. The van der Waals surface area contributed by atoms with Crippen LogP contribution in [0.3, 0.4) is 0 Å². The zero-order valence-electron chi connectivity index (χ0n) is 23.4. The molecule has 0 radical (unpaired) electrons. The number of unbranched alkanes of at least 4 members (excludes halogenated alkanes) is 1. The number of hydrogen-bond acceptors (Lipinski definition) is 8. The highest BCUT2D eigenvalue weighted by Gasteiger charge is 2.53. The van der Waals surface area contributed by atoms with Crippen LogP contribution in [0.5, 0.6) is 11.5 Å². The van der Waals surface area contributed by atoms with Crippen molar-refractivity contribution in [3.8, 4) is 11.5 Å². The molecule has 11 nitrogen and oxygen atoms in total. The van der Waals surface area contributed by atoms with Gasteiger partial charge in [0.05, 0.1) is 23.8 Å². The van der Waals surface area contributed by atoms with Gasteiger partial charge in [0.25, 0.3) is 0 Å².